The number of aryl methyl sites for hydroxylation is 1. The fraction of sp³-hybridized carbons (Fsp3) is 0.0833. The van der Waals surface area contributed by atoms with E-state index >= 15 is 0 Å². The quantitative estimate of drug-likeness (QED) is 0.813. The van der Waals surface area contributed by atoms with Gasteiger partial charge in [-0.25, -0.2) is 9.37 Å². The highest BCUT2D eigenvalue weighted by atomic mass is 19.1. The molecule has 0 saturated carbocycles. The molecule has 0 aliphatic carbocycles. The third-order valence-corrected chi connectivity index (χ3v) is 2.17. The van der Waals surface area contributed by atoms with Crippen molar-refractivity contribution in [2.75, 3.05) is 11.1 Å². The van der Waals surface area contributed by atoms with E-state index < -0.39 is 0 Å². The smallest absolute Gasteiger partial charge is 0.146 e. The molecule has 0 aliphatic heterocycles. The van der Waals surface area contributed by atoms with E-state index in [-0.39, 0.29) is 5.82 Å². The van der Waals surface area contributed by atoms with Crippen LogP contribution in [0.25, 0.3) is 0 Å². The van der Waals surface area contributed by atoms with E-state index in [4.69, 9.17) is 5.73 Å². The lowest BCUT2D eigenvalue weighted by Crippen LogP contribution is -1.97. The molecular weight excluding hydrogens is 205 g/mol. The number of hydrogen-bond acceptors (Lipinski definition) is 3. The van der Waals surface area contributed by atoms with Crippen molar-refractivity contribution in [3.63, 3.8) is 0 Å². The number of halogens is 1. The number of hydrogen-bond donors (Lipinski definition) is 2. The van der Waals surface area contributed by atoms with Gasteiger partial charge in [-0.15, -0.1) is 0 Å². The topological polar surface area (TPSA) is 50.9 Å². The Morgan fingerprint density at radius 3 is 2.75 bits per heavy atom. The number of nitrogen functional groups attached to an aromatic ring is 1. The van der Waals surface area contributed by atoms with Crippen LogP contribution in [0.2, 0.25) is 0 Å². The van der Waals surface area contributed by atoms with Gasteiger partial charge in [0.2, 0.25) is 0 Å². The van der Waals surface area contributed by atoms with Gasteiger partial charge in [-0.05, 0) is 30.7 Å². The van der Waals surface area contributed by atoms with Crippen LogP contribution in [0.5, 0.6) is 0 Å². The van der Waals surface area contributed by atoms with Crippen molar-refractivity contribution >= 4 is 17.2 Å². The number of anilines is 3. The highest BCUT2D eigenvalue weighted by molar-refractivity contribution is 5.60. The van der Waals surface area contributed by atoms with E-state index in [1.165, 1.54) is 6.07 Å². The fourth-order valence-electron chi connectivity index (χ4n) is 1.37. The van der Waals surface area contributed by atoms with Crippen LogP contribution in [-0.4, -0.2) is 4.98 Å². The molecule has 0 bridgehead atoms. The first-order valence-corrected chi connectivity index (χ1v) is 4.90. The summed E-state index contributed by atoms with van der Waals surface area (Å²) in [6, 6.07) is 8.30. The molecule has 0 aliphatic rings. The molecule has 16 heavy (non-hydrogen) atoms. The second-order valence-electron chi connectivity index (χ2n) is 3.58. The number of nitrogens with two attached hydrogens (primary N) is 1. The normalized spacial score (nSPS) is 10.1. The van der Waals surface area contributed by atoms with Crippen LogP contribution in [0.15, 0.2) is 36.5 Å². The van der Waals surface area contributed by atoms with Gasteiger partial charge >= 0.3 is 0 Å². The average molecular weight is 217 g/mol. The first kappa shape index (κ1) is 10.4. The van der Waals surface area contributed by atoms with Gasteiger partial charge in [-0.2, -0.15) is 0 Å². The standard InChI is InChI=1S/C12H12FN3/c1-8-2-3-11(10(13)6-8)16-12-7-9(14)4-5-15-12/h2-7H,1H3,(H3,14,15,16). The first-order chi connectivity index (χ1) is 7.65. The molecule has 0 fully saturated rings. The van der Waals surface area contributed by atoms with Crippen molar-refractivity contribution in [3.05, 3.63) is 47.9 Å². The molecule has 0 amide bonds. The van der Waals surface area contributed by atoms with Crippen molar-refractivity contribution in [3.8, 4) is 0 Å². The van der Waals surface area contributed by atoms with E-state index in [0.717, 1.165) is 5.56 Å². The molecule has 0 saturated heterocycles. The number of nitrogens with one attached hydrogen (secondary N) is 1. The monoisotopic (exact) mass is 217 g/mol. The van der Waals surface area contributed by atoms with Crippen LogP contribution in [0.4, 0.5) is 21.6 Å². The predicted molar refractivity (Wildman–Crippen MR) is 63.1 cm³/mol. The van der Waals surface area contributed by atoms with Crippen molar-refractivity contribution < 1.29 is 4.39 Å². The van der Waals surface area contributed by atoms with Crippen LogP contribution in [0.3, 0.4) is 0 Å². The lowest BCUT2D eigenvalue weighted by atomic mass is 10.2. The van der Waals surface area contributed by atoms with Gasteiger partial charge in [-0.1, -0.05) is 6.07 Å². The minimum absolute atomic E-state index is 0.302. The number of rotatable bonds is 2. The molecule has 4 heteroatoms. The maximum Gasteiger partial charge on any atom is 0.146 e. The summed E-state index contributed by atoms with van der Waals surface area (Å²) in [5.41, 5.74) is 7.46. The maximum atomic E-state index is 13.5. The zero-order chi connectivity index (χ0) is 11.5. The summed E-state index contributed by atoms with van der Waals surface area (Å²) in [6.07, 6.45) is 1.57. The largest absolute Gasteiger partial charge is 0.399 e. The average Bonchev–Trinajstić information content (AvgIpc) is 2.22. The highest BCUT2D eigenvalue weighted by Crippen LogP contribution is 2.20. The molecule has 0 atom stereocenters. The summed E-state index contributed by atoms with van der Waals surface area (Å²) >= 11 is 0. The third kappa shape index (κ3) is 2.28. The van der Waals surface area contributed by atoms with Gasteiger partial charge in [0, 0.05) is 18.0 Å². The van der Waals surface area contributed by atoms with E-state index in [0.29, 0.717) is 17.2 Å². The van der Waals surface area contributed by atoms with Gasteiger partial charge in [0.1, 0.15) is 11.6 Å². The summed E-state index contributed by atoms with van der Waals surface area (Å²) in [7, 11) is 0. The van der Waals surface area contributed by atoms with Gasteiger partial charge in [0.05, 0.1) is 5.69 Å². The van der Waals surface area contributed by atoms with Crippen molar-refractivity contribution in [2.45, 2.75) is 6.92 Å². The maximum absolute atomic E-state index is 13.5. The Hall–Kier alpha value is -2.10. The molecule has 1 heterocycles. The number of nitrogens with zero attached hydrogens (tertiary/aromatic N) is 1. The molecule has 3 nitrogen and oxygen atoms in total. The van der Waals surface area contributed by atoms with E-state index in [9.17, 15) is 4.39 Å². The van der Waals surface area contributed by atoms with Crippen molar-refractivity contribution in [1.82, 2.24) is 4.98 Å². The summed E-state index contributed by atoms with van der Waals surface area (Å²) in [5.74, 6) is 0.229. The molecule has 2 aromatic rings. The minimum Gasteiger partial charge on any atom is -0.399 e. The first-order valence-electron chi connectivity index (χ1n) is 4.90. The Kier molecular flexibility index (Phi) is 2.72. The van der Waals surface area contributed by atoms with Crippen LogP contribution in [-0.2, 0) is 0 Å². The Labute approximate surface area is 93.1 Å². The second kappa shape index (κ2) is 4.18. The molecule has 2 rings (SSSR count). The molecule has 0 radical (unpaired) electrons. The van der Waals surface area contributed by atoms with Crippen molar-refractivity contribution in [1.29, 1.82) is 0 Å². The van der Waals surface area contributed by atoms with Crippen LogP contribution in [0.1, 0.15) is 5.56 Å². The molecule has 0 unspecified atom stereocenters. The minimum atomic E-state index is -0.302. The van der Waals surface area contributed by atoms with E-state index in [1.54, 1.807) is 24.4 Å². The molecule has 0 spiro atoms. The van der Waals surface area contributed by atoms with Crippen LogP contribution < -0.4 is 11.1 Å². The summed E-state index contributed by atoms with van der Waals surface area (Å²) in [4.78, 5) is 4.04. The van der Waals surface area contributed by atoms with Crippen LogP contribution in [0, 0.1) is 12.7 Å². The summed E-state index contributed by atoms with van der Waals surface area (Å²) in [5, 5.41) is 2.87. The Balaban J connectivity index is 2.27. The van der Waals surface area contributed by atoms with E-state index in [2.05, 4.69) is 10.3 Å². The second-order valence-corrected chi connectivity index (χ2v) is 3.58. The zero-order valence-corrected chi connectivity index (χ0v) is 8.87. The highest BCUT2D eigenvalue weighted by Gasteiger charge is 2.03. The fourth-order valence-corrected chi connectivity index (χ4v) is 1.37. The predicted octanol–water partition coefficient (Wildman–Crippen LogP) is 2.85. The van der Waals surface area contributed by atoms with Crippen LogP contribution >= 0.6 is 0 Å². The summed E-state index contributed by atoms with van der Waals surface area (Å²) < 4.78 is 13.5. The van der Waals surface area contributed by atoms with Gasteiger partial charge in [0.25, 0.3) is 0 Å². The molecule has 1 aromatic heterocycles. The lowest BCUT2D eigenvalue weighted by Gasteiger charge is -2.07. The zero-order valence-electron chi connectivity index (χ0n) is 8.87. The Bertz CT molecular complexity index is 511. The number of benzene rings is 1. The summed E-state index contributed by atoms with van der Waals surface area (Å²) in [6.45, 7) is 1.84. The molecule has 82 valence electrons. The van der Waals surface area contributed by atoms with Gasteiger partial charge in [-0.3, -0.25) is 0 Å². The molecular formula is C12H12FN3. The molecule has 3 N–H and O–H groups in total. The van der Waals surface area contributed by atoms with Gasteiger partial charge in [0.15, 0.2) is 0 Å². The van der Waals surface area contributed by atoms with Gasteiger partial charge < -0.3 is 11.1 Å². The lowest BCUT2D eigenvalue weighted by molar-refractivity contribution is 0.630. The Morgan fingerprint density at radius 1 is 1.25 bits per heavy atom. The SMILES string of the molecule is Cc1ccc(Nc2cc(N)ccn2)c(F)c1. The Morgan fingerprint density at radius 2 is 2.06 bits per heavy atom. The number of aromatic nitrogens is 1. The van der Waals surface area contributed by atoms with E-state index in [1.807, 2.05) is 13.0 Å². The molecule has 1 aromatic carbocycles. The van der Waals surface area contributed by atoms with Crippen molar-refractivity contribution in [2.24, 2.45) is 0 Å². The third-order valence-electron chi connectivity index (χ3n) is 2.17. The number of pyridine rings is 1.